The van der Waals surface area contributed by atoms with Crippen LogP contribution in [-0.4, -0.2) is 56.8 Å². The van der Waals surface area contributed by atoms with E-state index in [1.54, 1.807) is 12.3 Å². The van der Waals surface area contributed by atoms with E-state index in [4.69, 9.17) is 10.5 Å². The third-order valence-electron chi connectivity index (χ3n) is 4.91. The van der Waals surface area contributed by atoms with Crippen LogP contribution in [0.2, 0.25) is 0 Å². The number of carbonyl (C=O) groups is 1. The number of aromatic nitrogens is 1. The molecule has 0 saturated carbocycles. The maximum absolute atomic E-state index is 12.5. The van der Waals surface area contributed by atoms with Crippen molar-refractivity contribution < 1.29 is 14.6 Å². The van der Waals surface area contributed by atoms with Gasteiger partial charge in [-0.15, -0.1) is 0 Å². The van der Waals surface area contributed by atoms with Gasteiger partial charge in [-0.05, 0) is 52.2 Å². The molecule has 0 spiro atoms. The van der Waals surface area contributed by atoms with Crippen LogP contribution in [0.25, 0.3) is 0 Å². The normalized spacial score (nSPS) is 25.1. The Hall–Kier alpha value is -1.86. The average Bonchev–Trinajstić information content (AvgIpc) is 2.75. The molecule has 138 valence electrons. The first-order valence-corrected chi connectivity index (χ1v) is 8.81. The van der Waals surface area contributed by atoms with Gasteiger partial charge in [-0.3, -0.25) is 9.80 Å². The van der Waals surface area contributed by atoms with Crippen LogP contribution in [0.15, 0.2) is 12.3 Å². The number of aryl methyl sites for hydroxylation is 1. The smallest absolute Gasteiger partial charge is 0.410 e. The van der Waals surface area contributed by atoms with Gasteiger partial charge in [-0.1, -0.05) is 0 Å². The third kappa shape index (κ3) is 3.72. The standard InChI is InChI=1S/C18H28N4O3/c1-11-7-15(19)20-8-14(11)16(23)21-9-12-5-6-13(10-21)22(12)17(24)25-18(2,3)4/h7-8,12-13,16,23H,5-6,9-10H2,1-4H3,(H2,19,20). The first-order valence-electron chi connectivity index (χ1n) is 8.81. The van der Waals surface area contributed by atoms with Crippen LogP contribution < -0.4 is 5.73 Å². The summed E-state index contributed by atoms with van der Waals surface area (Å²) in [7, 11) is 0. The molecule has 0 radical (unpaired) electrons. The minimum absolute atomic E-state index is 0.0743. The molecule has 2 aliphatic rings. The van der Waals surface area contributed by atoms with E-state index in [9.17, 15) is 9.90 Å². The molecule has 7 nitrogen and oxygen atoms in total. The molecule has 1 aromatic rings. The second kappa shape index (κ2) is 6.46. The summed E-state index contributed by atoms with van der Waals surface area (Å²) in [6, 6.07) is 1.92. The number of amides is 1. The van der Waals surface area contributed by atoms with Gasteiger partial charge in [-0.25, -0.2) is 9.78 Å². The Morgan fingerprint density at radius 2 is 1.96 bits per heavy atom. The van der Waals surface area contributed by atoms with Crippen LogP contribution >= 0.6 is 0 Å². The predicted molar refractivity (Wildman–Crippen MR) is 94.8 cm³/mol. The molecule has 2 saturated heterocycles. The SMILES string of the molecule is Cc1cc(N)ncc1C(O)N1CC2CCC(C1)N2C(=O)OC(C)(C)C. The number of nitrogen functional groups attached to an aromatic ring is 1. The Morgan fingerprint density at radius 3 is 2.48 bits per heavy atom. The number of hydrogen-bond donors (Lipinski definition) is 2. The molecule has 1 amide bonds. The molecule has 0 aliphatic carbocycles. The fourth-order valence-corrected chi connectivity index (χ4v) is 3.80. The van der Waals surface area contributed by atoms with E-state index >= 15 is 0 Å². The van der Waals surface area contributed by atoms with Crippen LogP contribution in [0, 0.1) is 6.92 Å². The maximum atomic E-state index is 12.5. The van der Waals surface area contributed by atoms with Crippen molar-refractivity contribution >= 4 is 11.9 Å². The number of likely N-dealkylation sites (tertiary alicyclic amines) is 1. The van der Waals surface area contributed by atoms with Crippen molar-refractivity contribution in [3.63, 3.8) is 0 Å². The molecule has 3 unspecified atom stereocenters. The second-order valence-electron chi connectivity index (χ2n) is 8.07. The first kappa shape index (κ1) is 17.9. The highest BCUT2D eigenvalue weighted by Gasteiger charge is 2.45. The van der Waals surface area contributed by atoms with Gasteiger partial charge < -0.3 is 15.6 Å². The lowest BCUT2D eigenvalue weighted by atomic mass is 10.1. The van der Waals surface area contributed by atoms with Crippen molar-refractivity contribution in [2.24, 2.45) is 0 Å². The van der Waals surface area contributed by atoms with Crippen molar-refractivity contribution in [1.82, 2.24) is 14.8 Å². The lowest BCUT2D eigenvalue weighted by Gasteiger charge is -2.43. The van der Waals surface area contributed by atoms with Crippen LogP contribution in [0.5, 0.6) is 0 Å². The molecular formula is C18H28N4O3. The molecule has 0 aromatic carbocycles. The Kier molecular flexibility index (Phi) is 4.64. The third-order valence-corrected chi connectivity index (χ3v) is 4.91. The monoisotopic (exact) mass is 348 g/mol. The second-order valence-corrected chi connectivity index (χ2v) is 8.07. The minimum atomic E-state index is -0.739. The molecule has 3 atom stereocenters. The van der Waals surface area contributed by atoms with Crippen LogP contribution in [0.3, 0.4) is 0 Å². The van der Waals surface area contributed by atoms with Crippen molar-refractivity contribution in [2.45, 2.75) is 64.4 Å². The molecule has 3 heterocycles. The molecule has 3 rings (SSSR count). The molecule has 1 aromatic heterocycles. The number of nitrogens with zero attached hydrogens (tertiary/aromatic N) is 3. The van der Waals surface area contributed by atoms with E-state index in [0.717, 1.165) is 24.0 Å². The molecule has 2 fully saturated rings. The lowest BCUT2D eigenvalue weighted by molar-refractivity contribution is -0.0577. The largest absolute Gasteiger partial charge is 0.444 e. The van der Waals surface area contributed by atoms with E-state index in [1.807, 2.05) is 37.5 Å². The average molecular weight is 348 g/mol. The Morgan fingerprint density at radius 1 is 1.36 bits per heavy atom. The van der Waals surface area contributed by atoms with E-state index in [2.05, 4.69) is 4.98 Å². The number of hydrogen-bond acceptors (Lipinski definition) is 6. The van der Waals surface area contributed by atoms with Gasteiger partial charge in [0.1, 0.15) is 17.6 Å². The zero-order valence-corrected chi connectivity index (χ0v) is 15.4. The van der Waals surface area contributed by atoms with Crippen molar-refractivity contribution in [3.05, 3.63) is 23.4 Å². The molecule has 7 heteroatoms. The fourth-order valence-electron chi connectivity index (χ4n) is 3.80. The zero-order chi connectivity index (χ0) is 18.4. The number of ether oxygens (including phenoxy) is 1. The van der Waals surface area contributed by atoms with Gasteiger partial charge in [0.25, 0.3) is 0 Å². The topological polar surface area (TPSA) is 91.9 Å². The van der Waals surface area contributed by atoms with Crippen molar-refractivity contribution in [2.75, 3.05) is 18.8 Å². The highest BCUT2D eigenvalue weighted by molar-refractivity contribution is 5.69. The summed E-state index contributed by atoms with van der Waals surface area (Å²) in [6.45, 7) is 8.81. The predicted octanol–water partition coefficient (Wildman–Crippen LogP) is 2.05. The first-order chi connectivity index (χ1) is 11.7. The summed E-state index contributed by atoms with van der Waals surface area (Å²) >= 11 is 0. The van der Waals surface area contributed by atoms with Gasteiger partial charge >= 0.3 is 6.09 Å². The Bertz CT molecular complexity index is 644. The minimum Gasteiger partial charge on any atom is -0.444 e. The summed E-state index contributed by atoms with van der Waals surface area (Å²) in [5.41, 5.74) is 6.88. The highest BCUT2D eigenvalue weighted by Crippen LogP contribution is 2.35. The Balaban J connectivity index is 1.72. The molecule has 2 aliphatic heterocycles. The van der Waals surface area contributed by atoms with Crippen LogP contribution in [-0.2, 0) is 4.74 Å². The fraction of sp³-hybridized carbons (Fsp3) is 0.667. The summed E-state index contributed by atoms with van der Waals surface area (Å²) < 4.78 is 5.55. The lowest BCUT2D eigenvalue weighted by Crippen LogP contribution is -2.57. The van der Waals surface area contributed by atoms with Gasteiger partial charge in [0.2, 0.25) is 0 Å². The maximum Gasteiger partial charge on any atom is 0.410 e. The molecule has 3 N–H and O–H groups in total. The number of aliphatic hydroxyl groups excluding tert-OH is 1. The van der Waals surface area contributed by atoms with Crippen molar-refractivity contribution in [3.8, 4) is 0 Å². The van der Waals surface area contributed by atoms with E-state index in [0.29, 0.717) is 18.9 Å². The summed E-state index contributed by atoms with van der Waals surface area (Å²) in [6.07, 6.45) is 2.52. The van der Waals surface area contributed by atoms with Gasteiger partial charge in [0.15, 0.2) is 0 Å². The molecule has 2 bridgehead atoms. The summed E-state index contributed by atoms with van der Waals surface area (Å²) in [5.74, 6) is 0.447. The highest BCUT2D eigenvalue weighted by atomic mass is 16.6. The van der Waals surface area contributed by atoms with Crippen LogP contribution in [0.4, 0.5) is 10.6 Å². The van der Waals surface area contributed by atoms with Gasteiger partial charge in [0.05, 0.1) is 0 Å². The van der Waals surface area contributed by atoms with E-state index in [-0.39, 0.29) is 18.2 Å². The van der Waals surface area contributed by atoms with Gasteiger partial charge in [0, 0.05) is 36.9 Å². The molecule has 25 heavy (non-hydrogen) atoms. The van der Waals surface area contributed by atoms with Crippen LogP contribution in [0.1, 0.15) is 51.0 Å². The number of nitrogens with two attached hydrogens (primary N) is 1. The number of anilines is 1. The number of pyridine rings is 1. The van der Waals surface area contributed by atoms with E-state index in [1.165, 1.54) is 0 Å². The number of rotatable bonds is 2. The van der Waals surface area contributed by atoms with Crippen molar-refractivity contribution in [1.29, 1.82) is 0 Å². The number of carbonyl (C=O) groups excluding carboxylic acids is 1. The molecular weight excluding hydrogens is 320 g/mol. The zero-order valence-electron chi connectivity index (χ0n) is 15.4. The Labute approximate surface area is 148 Å². The number of aliphatic hydroxyl groups is 1. The quantitative estimate of drug-likeness (QED) is 0.850. The number of piperazine rings is 1. The van der Waals surface area contributed by atoms with E-state index < -0.39 is 11.8 Å². The summed E-state index contributed by atoms with van der Waals surface area (Å²) in [5, 5.41) is 10.8. The summed E-state index contributed by atoms with van der Waals surface area (Å²) in [4.78, 5) is 20.5. The van der Waals surface area contributed by atoms with Gasteiger partial charge in [-0.2, -0.15) is 0 Å². The number of fused-ring (bicyclic) bond motifs is 2.